The highest BCUT2D eigenvalue weighted by atomic mass is 16.1. The van der Waals surface area contributed by atoms with Crippen LogP contribution in [-0.2, 0) is 0 Å². The van der Waals surface area contributed by atoms with Gasteiger partial charge in [-0.25, -0.2) is 0 Å². The first kappa shape index (κ1) is 12.1. The Balaban J connectivity index is 2.18. The molecule has 3 N–H and O–H groups in total. The first-order chi connectivity index (χ1) is 7.99. The fourth-order valence-electron chi connectivity index (χ4n) is 2.41. The van der Waals surface area contributed by atoms with E-state index in [2.05, 4.69) is 19.2 Å². The third-order valence-electron chi connectivity index (χ3n) is 3.49. The zero-order valence-electron chi connectivity index (χ0n) is 10.5. The smallest absolute Gasteiger partial charge is 0.181 e. The van der Waals surface area contributed by atoms with Gasteiger partial charge in [-0.15, -0.1) is 0 Å². The topological polar surface area (TPSA) is 55.1 Å². The van der Waals surface area contributed by atoms with E-state index < -0.39 is 0 Å². The van der Waals surface area contributed by atoms with E-state index in [1.54, 1.807) is 12.1 Å². The molecule has 1 aromatic carbocycles. The molecule has 0 saturated carbocycles. The largest absolute Gasteiger partial charge is 0.398 e. The van der Waals surface area contributed by atoms with Crippen molar-refractivity contribution in [2.24, 2.45) is 5.41 Å². The molecule has 1 aliphatic heterocycles. The number of carbonyl (C=O) groups excluding carboxylic acids is 1. The monoisotopic (exact) mass is 232 g/mol. The van der Waals surface area contributed by atoms with E-state index in [9.17, 15) is 4.79 Å². The zero-order chi connectivity index (χ0) is 12.5. The van der Waals surface area contributed by atoms with Crippen molar-refractivity contribution in [1.29, 1.82) is 0 Å². The van der Waals surface area contributed by atoms with Gasteiger partial charge in [-0.05, 0) is 36.9 Å². The summed E-state index contributed by atoms with van der Waals surface area (Å²) in [5.41, 5.74) is 7.29. The van der Waals surface area contributed by atoms with Crippen molar-refractivity contribution in [2.75, 3.05) is 12.3 Å². The van der Waals surface area contributed by atoms with Crippen molar-refractivity contribution in [3.05, 3.63) is 29.8 Å². The summed E-state index contributed by atoms with van der Waals surface area (Å²) < 4.78 is 0. The van der Waals surface area contributed by atoms with E-state index in [-0.39, 0.29) is 17.2 Å². The second kappa shape index (κ2) is 4.49. The molecule has 1 fully saturated rings. The van der Waals surface area contributed by atoms with Crippen LogP contribution >= 0.6 is 0 Å². The maximum absolute atomic E-state index is 12.4. The van der Waals surface area contributed by atoms with Gasteiger partial charge in [0.15, 0.2) is 5.78 Å². The molecule has 1 aromatic rings. The molecule has 1 atom stereocenters. The highest BCUT2D eigenvalue weighted by molar-refractivity contribution is 6.04. The quantitative estimate of drug-likeness (QED) is 0.607. The molecule has 0 aromatic heterocycles. The van der Waals surface area contributed by atoms with Crippen molar-refractivity contribution >= 4 is 11.5 Å². The molecule has 1 aliphatic rings. The predicted molar refractivity (Wildman–Crippen MR) is 70.0 cm³/mol. The van der Waals surface area contributed by atoms with Crippen LogP contribution in [0, 0.1) is 5.41 Å². The van der Waals surface area contributed by atoms with Crippen LogP contribution in [0.25, 0.3) is 0 Å². The molecular formula is C14H20N2O. The fourth-order valence-corrected chi connectivity index (χ4v) is 2.41. The number of nitrogen functional groups attached to an aromatic ring is 1. The molecule has 1 saturated heterocycles. The van der Waals surface area contributed by atoms with Crippen molar-refractivity contribution in [1.82, 2.24) is 5.32 Å². The molecule has 0 amide bonds. The molecule has 0 radical (unpaired) electrons. The molecule has 1 heterocycles. The molecule has 92 valence electrons. The number of para-hydroxylation sites is 1. The number of hydrogen-bond acceptors (Lipinski definition) is 3. The molecule has 0 aliphatic carbocycles. The SMILES string of the molecule is CC1(C)CCNC(C(=O)c2ccccc2N)C1. The van der Waals surface area contributed by atoms with Crippen LogP contribution in [0.15, 0.2) is 24.3 Å². The van der Waals surface area contributed by atoms with Crippen LogP contribution in [0.3, 0.4) is 0 Å². The van der Waals surface area contributed by atoms with Gasteiger partial charge in [-0.3, -0.25) is 4.79 Å². The molecule has 0 spiro atoms. The lowest BCUT2D eigenvalue weighted by molar-refractivity contribution is 0.0873. The predicted octanol–water partition coefficient (Wildman–Crippen LogP) is 2.23. The minimum absolute atomic E-state index is 0.0940. The minimum atomic E-state index is -0.0940. The third kappa shape index (κ3) is 2.67. The van der Waals surface area contributed by atoms with E-state index >= 15 is 0 Å². The lowest BCUT2D eigenvalue weighted by Crippen LogP contribution is -2.46. The number of nitrogens with two attached hydrogens (primary N) is 1. The number of anilines is 1. The van der Waals surface area contributed by atoms with Gasteiger partial charge in [-0.1, -0.05) is 26.0 Å². The number of carbonyl (C=O) groups is 1. The summed E-state index contributed by atoms with van der Waals surface area (Å²) in [4.78, 5) is 12.4. The molecule has 0 bridgehead atoms. The first-order valence-electron chi connectivity index (χ1n) is 6.12. The molecule has 3 nitrogen and oxygen atoms in total. The fraction of sp³-hybridized carbons (Fsp3) is 0.500. The first-order valence-corrected chi connectivity index (χ1v) is 6.12. The van der Waals surface area contributed by atoms with Gasteiger partial charge < -0.3 is 11.1 Å². The maximum atomic E-state index is 12.4. The Morgan fingerprint density at radius 1 is 1.41 bits per heavy atom. The highest BCUT2D eigenvalue weighted by Crippen LogP contribution is 2.31. The Bertz CT molecular complexity index is 426. The van der Waals surface area contributed by atoms with Crippen LogP contribution in [0.2, 0.25) is 0 Å². The number of benzene rings is 1. The Morgan fingerprint density at radius 3 is 2.76 bits per heavy atom. The van der Waals surface area contributed by atoms with Gasteiger partial charge in [0.05, 0.1) is 6.04 Å². The number of rotatable bonds is 2. The zero-order valence-corrected chi connectivity index (χ0v) is 10.5. The van der Waals surface area contributed by atoms with Crippen LogP contribution in [0.1, 0.15) is 37.0 Å². The van der Waals surface area contributed by atoms with Gasteiger partial charge >= 0.3 is 0 Å². The van der Waals surface area contributed by atoms with E-state index in [0.717, 1.165) is 19.4 Å². The number of piperidine rings is 1. The van der Waals surface area contributed by atoms with Gasteiger partial charge in [0.2, 0.25) is 0 Å². The van der Waals surface area contributed by atoms with Crippen LogP contribution in [-0.4, -0.2) is 18.4 Å². The second-order valence-electron chi connectivity index (χ2n) is 5.58. The van der Waals surface area contributed by atoms with Gasteiger partial charge in [0.25, 0.3) is 0 Å². The van der Waals surface area contributed by atoms with Crippen LogP contribution in [0.5, 0.6) is 0 Å². The molecule has 2 rings (SSSR count). The summed E-state index contributed by atoms with van der Waals surface area (Å²) in [7, 11) is 0. The third-order valence-corrected chi connectivity index (χ3v) is 3.49. The number of ketones is 1. The summed E-state index contributed by atoms with van der Waals surface area (Å²) in [5, 5.41) is 3.30. The summed E-state index contributed by atoms with van der Waals surface area (Å²) in [5.74, 6) is 0.121. The van der Waals surface area contributed by atoms with Gasteiger partial charge in [0, 0.05) is 11.3 Å². The van der Waals surface area contributed by atoms with Gasteiger partial charge in [-0.2, -0.15) is 0 Å². The minimum Gasteiger partial charge on any atom is -0.398 e. The van der Waals surface area contributed by atoms with E-state index in [1.807, 2.05) is 12.1 Å². The molecular weight excluding hydrogens is 212 g/mol. The Hall–Kier alpha value is -1.35. The maximum Gasteiger partial charge on any atom is 0.181 e. The Kier molecular flexibility index (Phi) is 3.20. The summed E-state index contributed by atoms with van der Waals surface area (Å²) in [6, 6.07) is 7.20. The van der Waals surface area contributed by atoms with Crippen LogP contribution in [0.4, 0.5) is 5.69 Å². The normalized spacial score (nSPS) is 23.3. The highest BCUT2D eigenvalue weighted by Gasteiger charge is 2.32. The lowest BCUT2D eigenvalue weighted by Gasteiger charge is -2.35. The lowest BCUT2D eigenvalue weighted by atomic mass is 9.78. The summed E-state index contributed by atoms with van der Waals surface area (Å²) in [6.45, 7) is 5.32. The van der Waals surface area contributed by atoms with E-state index in [1.165, 1.54) is 0 Å². The van der Waals surface area contributed by atoms with Gasteiger partial charge in [0.1, 0.15) is 0 Å². The standard InChI is InChI=1S/C14H20N2O/c1-14(2)7-8-16-12(9-14)13(17)10-5-3-4-6-11(10)15/h3-6,12,16H,7-9,15H2,1-2H3. The summed E-state index contributed by atoms with van der Waals surface area (Å²) >= 11 is 0. The van der Waals surface area contributed by atoms with Crippen molar-refractivity contribution in [3.8, 4) is 0 Å². The summed E-state index contributed by atoms with van der Waals surface area (Å²) in [6.07, 6.45) is 1.99. The van der Waals surface area contributed by atoms with Crippen LogP contribution < -0.4 is 11.1 Å². The Labute approximate surface area is 102 Å². The molecule has 1 unspecified atom stereocenters. The average molecular weight is 232 g/mol. The number of Topliss-reactive ketones (excluding diaryl/α,β-unsaturated/α-hetero) is 1. The second-order valence-corrected chi connectivity index (χ2v) is 5.58. The van der Waals surface area contributed by atoms with Crippen molar-refractivity contribution < 1.29 is 4.79 Å². The molecule has 17 heavy (non-hydrogen) atoms. The van der Waals surface area contributed by atoms with E-state index in [0.29, 0.717) is 11.3 Å². The molecule has 3 heteroatoms. The number of hydrogen-bond donors (Lipinski definition) is 2. The average Bonchev–Trinajstić information content (AvgIpc) is 2.27. The van der Waals surface area contributed by atoms with Crippen molar-refractivity contribution in [2.45, 2.75) is 32.7 Å². The number of nitrogens with one attached hydrogen (secondary N) is 1. The Morgan fingerprint density at radius 2 is 2.12 bits per heavy atom. The van der Waals surface area contributed by atoms with E-state index in [4.69, 9.17) is 5.73 Å². The van der Waals surface area contributed by atoms with Crippen molar-refractivity contribution in [3.63, 3.8) is 0 Å².